The molecule has 0 aromatic heterocycles. The lowest BCUT2D eigenvalue weighted by molar-refractivity contribution is 0.597. The van der Waals surface area contributed by atoms with Crippen LogP contribution < -0.4 is 10.5 Å². The summed E-state index contributed by atoms with van der Waals surface area (Å²) in [5.74, 6) is 0. The highest BCUT2D eigenvalue weighted by Gasteiger charge is 2.13. The minimum atomic E-state index is -3.73. The summed E-state index contributed by atoms with van der Waals surface area (Å²) < 4.78 is 23.0. The SMILES string of the molecule is Cc1c(NCc2cc(Cl)cc(Cl)c2)cccc1S(N)(=O)=O. The third-order valence-corrected chi connectivity index (χ3v) is 4.49. The summed E-state index contributed by atoms with van der Waals surface area (Å²) in [6.07, 6.45) is 0. The number of nitrogens with one attached hydrogen (secondary N) is 1. The molecule has 0 atom stereocenters. The van der Waals surface area contributed by atoms with Crippen molar-refractivity contribution in [3.05, 3.63) is 57.6 Å². The molecular weight excluding hydrogens is 331 g/mol. The van der Waals surface area contributed by atoms with Crippen molar-refractivity contribution in [2.45, 2.75) is 18.4 Å². The van der Waals surface area contributed by atoms with Crippen LogP contribution in [0.1, 0.15) is 11.1 Å². The monoisotopic (exact) mass is 344 g/mol. The quantitative estimate of drug-likeness (QED) is 0.890. The lowest BCUT2D eigenvalue weighted by Gasteiger charge is -2.12. The molecule has 3 N–H and O–H groups in total. The van der Waals surface area contributed by atoms with E-state index in [4.69, 9.17) is 28.3 Å². The summed E-state index contributed by atoms with van der Waals surface area (Å²) in [6.45, 7) is 2.17. The van der Waals surface area contributed by atoms with Crippen LogP contribution in [0.15, 0.2) is 41.3 Å². The highest BCUT2D eigenvalue weighted by molar-refractivity contribution is 7.89. The van der Waals surface area contributed by atoms with E-state index in [0.717, 1.165) is 5.56 Å². The van der Waals surface area contributed by atoms with E-state index in [9.17, 15) is 8.42 Å². The van der Waals surface area contributed by atoms with E-state index in [2.05, 4.69) is 5.32 Å². The Bertz CT molecular complexity index is 756. The third kappa shape index (κ3) is 4.11. The molecule has 0 aliphatic rings. The number of rotatable bonds is 4. The van der Waals surface area contributed by atoms with Gasteiger partial charge in [-0.25, -0.2) is 13.6 Å². The molecule has 0 heterocycles. The van der Waals surface area contributed by atoms with Crippen LogP contribution in [0.3, 0.4) is 0 Å². The molecule has 4 nitrogen and oxygen atoms in total. The molecule has 0 saturated heterocycles. The Balaban J connectivity index is 2.25. The van der Waals surface area contributed by atoms with Gasteiger partial charge < -0.3 is 5.32 Å². The summed E-state index contributed by atoms with van der Waals surface area (Å²) in [6, 6.07) is 10.1. The summed E-state index contributed by atoms with van der Waals surface area (Å²) in [7, 11) is -3.73. The molecule has 0 amide bonds. The van der Waals surface area contributed by atoms with Gasteiger partial charge in [0.1, 0.15) is 0 Å². The fourth-order valence-corrected chi connectivity index (χ4v) is 3.40. The summed E-state index contributed by atoms with van der Waals surface area (Å²) in [5, 5.41) is 9.44. The van der Waals surface area contributed by atoms with Crippen LogP contribution in [0.5, 0.6) is 0 Å². The van der Waals surface area contributed by atoms with E-state index in [1.54, 1.807) is 37.3 Å². The Morgan fingerprint density at radius 3 is 2.33 bits per heavy atom. The lowest BCUT2D eigenvalue weighted by Crippen LogP contribution is -2.14. The van der Waals surface area contributed by atoms with Gasteiger partial charge in [0.2, 0.25) is 10.0 Å². The average molecular weight is 345 g/mol. The van der Waals surface area contributed by atoms with E-state index in [1.807, 2.05) is 0 Å². The number of primary sulfonamides is 1. The molecule has 2 aromatic carbocycles. The molecule has 0 saturated carbocycles. The van der Waals surface area contributed by atoms with Crippen molar-refractivity contribution in [2.75, 3.05) is 5.32 Å². The van der Waals surface area contributed by atoms with Crippen molar-refractivity contribution in [3.63, 3.8) is 0 Å². The van der Waals surface area contributed by atoms with Gasteiger partial charge in [0.25, 0.3) is 0 Å². The first-order valence-electron chi connectivity index (χ1n) is 6.08. The number of benzene rings is 2. The van der Waals surface area contributed by atoms with Crippen molar-refractivity contribution in [2.24, 2.45) is 5.14 Å². The van der Waals surface area contributed by atoms with Crippen LogP contribution in [0.4, 0.5) is 5.69 Å². The minimum absolute atomic E-state index is 0.108. The van der Waals surface area contributed by atoms with Crippen molar-refractivity contribution < 1.29 is 8.42 Å². The highest BCUT2D eigenvalue weighted by atomic mass is 35.5. The molecule has 0 spiro atoms. The van der Waals surface area contributed by atoms with Gasteiger partial charge in [-0.2, -0.15) is 0 Å². The largest absolute Gasteiger partial charge is 0.381 e. The third-order valence-electron chi connectivity index (χ3n) is 3.00. The fourth-order valence-electron chi connectivity index (χ4n) is 2.02. The fraction of sp³-hybridized carbons (Fsp3) is 0.143. The molecule has 7 heteroatoms. The Hall–Kier alpha value is -1.27. The molecule has 0 unspecified atom stereocenters. The van der Waals surface area contributed by atoms with Crippen molar-refractivity contribution in [3.8, 4) is 0 Å². The van der Waals surface area contributed by atoms with Gasteiger partial charge in [0, 0.05) is 22.3 Å². The number of sulfonamides is 1. The second-order valence-electron chi connectivity index (χ2n) is 4.60. The van der Waals surface area contributed by atoms with Crippen LogP contribution in [0.2, 0.25) is 10.0 Å². The number of halogens is 2. The molecule has 2 aromatic rings. The second-order valence-corrected chi connectivity index (χ2v) is 7.01. The number of nitrogens with two attached hydrogens (primary N) is 1. The molecule has 2 rings (SSSR count). The zero-order chi connectivity index (χ0) is 15.6. The van der Waals surface area contributed by atoms with Crippen molar-refractivity contribution >= 4 is 38.9 Å². The summed E-state index contributed by atoms with van der Waals surface area (Å²) in [4.78, 5) is 0.108. The van der Waals surface area contributed by atoms with Gasteiger partial charge in [-0.1, -0.05) is 29.3 Å². The predicted molar refractivity (Wildman–Crippen MR) is 86.3 cm³/mol. The van der Waals surface area contributed by atoms with E-state index in [-0.39, 0.29) is 4.90 Å². The molecule has 21 heavy (non-hydrogen) atoms. The molecular formula is C14H14Cl2N2O2S. The molecule has 0 bridgehead atoms. The molecule has 0 aliphatic carbocycles. The summed E-state index contributed by atoms with van der Waals surface area (Å²) in [5.41, 5.74) is 2.17. The van der Waals surface area contributed by atoms with Gasteiger partial charge in [-0.15, -0.1) is 0 Å². The van der Waals surface area contributed by atoms with E-state index in [1.165, 1.54) is 6.07 Å². The first-order chi connectivity index (χ1) is 9.77. The number of anilines is 1. The lowest BCUT2D eigenvalue weighted by atomic mass is 10.1. The molecule has 0 radical (unpaired) electrons. The highest BCUT2D eigenvalue weighted by Crippen LogP contribution is 2.24. The second kappa shape index (κ2) is 6.23. The standard InChI is InChI=1S/C14H14Cl2N2O2S/c1-9-13(3-2-4-14(9)21(17,19)20)18-8-10-5-11(15)7-12(16)6-10/h2-7,18H,8H2,1H3,(H2,17,19,20). The van der Waals surface area contributed by atoms with E-state index in [0.29, 0.717) is 27.8 Å². The Kier molecular flexibility index (Phi) is 4.78. The predicted octanol–water partition coefficient (Wildman–Crippen LogP) is 3.56. The van der Waals surface area contributed by atoms with Crippen LogP contribution in [0.25, 0.3) is 0 Å². The normalized spacial score (nSPS) is 11.4. The molecule has 112 valence electrons. The maximum Gasteiger partial charge on any atom is 0.238 e. The Morgan fingerprint density at radius 1 is 1.14 bits per heavy atom. The van der Waals surface area contributed by atoms with Crippen molar-refractivity contribution in [1.82, 2.24) is 0 Å². The van der Waals surface area contributed by atoms with Crippen LogP contribution in [-0.2, 0) is 16.6 Å². The molecule has 0 fully saturated rings. The topological polar surface area (TPSA) is 72.2 Å². The maximum absolute atomic E-state index is 11.5. The van der Waals surface area contributed by atoms with Crippen LogP contribution in [-0.4, -0.2) is 8.42 Å². The Labute approximate surface area is 133 Å². The van der Waals surface area contributed by atoms with E-state index >= 15 is 0 Å². The number of hydrogen-bond acceptors (Lipinski definition) is 3. The van der Waals surface area contributed by atoms with E-state index < -0.39 is 10.0 Å². The Morgan fingerprint density at radius 2 is 1.76 bits per heavy atom. The average Bonchev–Trinajstić information content (AvgIpc) is 2.35. The van der Waals surface area contributed by atoms with Crippen LogP contribution in [0, 0.1) is 6.92 Å². The van der Waals surface area contributed by atoms with Gasteiger partial charge >= 0.3 is 0 Å². The summed E-state index contributed by atoms with van der Waals surface area (Å²) >= 11 is 11.9. The van der Waals surface area contributed by atoms with Gasteiger partial charge in [-0.05, 0) is 48.4 Å². The van der Waals surface area contributed by atoms with Gasteiger partial charge in [0.05, 0.1) is 4.90 Å². The first kappa shape index (κ1) is 16.1. The van der Waals surface area contributed by atoms with Crippen LogP contribution >= 0.6 is 23.2 Å². The van der Waals surface area contributed by atoms with Gasteiger partial charge in [0.15, 0.2) is 0 Å². The zero-order valence-corrected chi connectivity index (χ0v) is 13.6. The van der Waals surface area contributed by atoms with Gasteiger partial charge in [-0.3, -0.25) is 0 Å². The smallest absolute Gasteiger partial charge is 0.238 e. The number of hydrogen-bond donors (Lipinski definition) is 2. The minimum Gasteiger partial charge on any atom is -0.381 e. The van der Waals surface area contributed by atoms with Crippen molar-refractivity contribution in [1.29, 1.82) is 0 Å². The maximum atomic E-state index is 11.5. The first-order valence-corrected chi connectivity index (χ1v) is 8.39. The molecule has 0 aliphatic heterocycles. The zero-order valence-electron chi connectivity index (χ0n) is 11.2.